The maximum absolute atomic E-state index is 14.0. The number of carbonyl (C=O) groups excluding carboxylic acids is 2. The molecule has 0 spiro atoms. The lowest BCUT2D eigenvalue weighted by molar-refractivity contribution is -0.141. The molecule has 0 unspecified atom stereocenters. The Morgan fingerprint density at radius 1 is 1.00 bits per heavy atom. The van der Waals surface area contributed by atoms with E-state index in [-0.39, 0.29) is 57.0 Å². The van der Waals surface area contributed by atoms with E-state index in [2.05, 4.69) is 5.32 Å². The zero-order valence-electron chi connectivity index (χ0n) is 25.0. The molecule has 236 valence electrons. The number of nitrogens with one attached hydrogen (secondary N) is 1. The number of ether oxygens (including phenoxy) is 2. The molecule has 3 aromatic carbocycles. The first-order chi connectivity index (χ1) is 21.0. The van der Waals surface area contributed by atoms with Gasteiger partial charge in [-0.05, 0) is 55.2 Å². The number of sulfonamides is 1. The molecule has 4 rings (SSSR count). The standard InChI is InChI=1S/C32H37Cl2N3O6S/c1-4-22(2)35-32(39)28(17-23-9-6-5-7-10-23)36(20-24-12-13-25(33)18-27(24)34)31(38)11-8-16-37(44(3,40)41)26-14-15-29-30(19-26)43-21-42-29/h5-7,9-10,12-15,18-19,22,28H,4,8,11,16-17,20-21H2,1-3H3,(H,35,39)/t22-,28+/m1/s1. The van der Waals surface area contributed by atoms with Crippen LogP contribution >= 0.6 is 23.2 Å². The Hall–Kier alpha value is -3.47. The van der Waals surface area contributed by atoms with Crippen molar-refractivity contribution in [1.29, 1.82) is 0 Å². The lowest BCUT2D eigenvalue weighted by Crippen LogP contribution is -2.52. The van der Waals surface area contributed by atoms with Crippen LogP contribution in [0.25, 0.3) is 0 Å². The third-order valence-electron chi connectivity index (χ3n) is 7.42. The zero-order valence-corrected chi connectivity index (χ0v) is 27.3. The van der Waals surface area contributed by atoms with Crippen LogP contribution in [0.2, 0.25) is 10.0 Å². The van der Waals surface area contributed by atoms with Gasteiger partial charge in [-0.2, -0.15) is 0 Å². The molecule has 0 aliphatic carbocycles. The quantitative estimate of drug-likeness (QED) is 0.233. The molecule has 44 heavy (non-hydrogen) atoms. The van der Waals surface area contributed by atoms with Crippen molar-refractivity contribution in [2.75, 3.05) is 23.9 Å². The third kappa shape index (κ3) is 8.80. The van der Waals surface area contributed by atoms with Crippen LogP contribution in [0.5, 0.6) is 11.5 Å². The van der Waals surface area contributed by atoms with Gasteiger partial charge >= 0.3 is 0 Å². The van der Waals surface area contributed by atoms with Gasteiger partial charge < -0.3 is 19.7 Å². The minimum absolute atomic E-state index is 0.0102. The molecule has 0 saturated heterocycles. The smallest absolute Gasteiger partial charge is 0.243 e. The Balaban J connectivity index is 1.60. The van der Waals surface area contributed by atoms with Crippen LogP contribution in [-0.2, 0) is 32.6 Å². The highest BCUT2D eigenvalue weighted by atomic mass is 35.5. The highest BCUT2D eigenvalue weighted by molar-refractivity contribution is 7.92. The molecule has 12 heteroatoms. The van der Waals surface area contributed by atoms with Gasteiger partial charge in [0.05, 0.1) is 11.9 Å². The van der Waals surface area contributed by atoms with Gasteiger partial charge in [0.2, 0.25) is 28.6 Å². The van der Waals surface area contributed by atoms with E-state index in [0.29, 0.717) is 32.8 Å². The van der Waals surface area contributed by atoms with Crippen LogP contribution in [0.1, 0.15) is 44.2 Å². The third-order valence-corrected chi connectivity index (χ3v) is 9.21. The number of hydrogen-bond donors (Lipinski definition) is 1. The number of nitrogens with zero attached hydrogens (tertiary/aromatic N) is 2. The highest BCUT2D eigenvalue weighted by Gasteiger charge is 2.31. The largest absolute Gasteiger partial charge is 0.454 e. The van der Waals surface area contributed by atoms with Crippen molar-refractivity contribution in [2.45, 2.75) is 58.2 Å². The van der Waals surface area contributed by atoms with Crippen LogP contribution < -0.4 is 19.1 Å². The van der Waals surface area contributed by atoms with E-state index >= 15 is 0 Å². The van der Waals surface area contributed by atoms with E-state index in [1.165, 1.54) is 9.21 Å². The van der Waals surface area contributed by atoms with E-state index in [9.17, 15) is 18.0 Å². The topological polar surface area (TPSA) is 105 Å². The number of fused-ring (bicyclic) bond motifs is 1. The van der Waals surface area contributed by atoms with Crippen LogP contribution in [0.15, 0.2) is 66.7 Å². The fraction of sp³-hybridized carbons (Fsp3) is 0.375. The zero-order chi connectivity index (χ0) is 31.9. The summed E-state index contributed by atoms with van der Waals surface area (Å²) in [6, 6.07) is 18.5. The van der Waals surface area contributed by atoms with Crippen molar-refractivity contribution >= 4 is 50.7 Å². The van der Waals surface area contributed by atoms with Crippen molar-refractivity contribution < 1.29 is 27.5 Å². The maximum atomic E-state index is 14.0. The molecule has 2 atom stereocenters. The Bertz CT molecular complexity index is 1570. The second-order valence-corrected chi connectivity index (χ2v) is 13.5. The normalized spacial score (nSPS) is 13.7. The summed E-state index contributed by atoms with van der Waals surface area (Å²) < 4.78 is 37.5. The summed E-state index contributed by atoms with van der Waals surface area (Å²) in [5.74, 6) is 0.401. The first-order valence-corrected chi connectivity index (χ1v) is 17.0. The number of benzene rings is 3. The highest BCUT2D eigenvalue weighted by Crippen LogP contribution is 2.36. The van der Waals surface area contributed by atoms with Gasteiger partial charge in [-0.1, -0.05) is 66.5 Å². The molecule has 9 nitrogen and oxygen atoms in total. The van der Waals surface area contributed by atoms with Gasteiger partial charge in [-0.15, -0.1) is 0 Å². The van der Waals surface area contributed by atoms with Gasteiger partial charge in [0.1, 0.15) is 6.04 Å². The number of carbonyl (C=O) groups is 2. The average molecular weight is 663 g/mol. The minimum Gasteiger partial charge on any atom is -0.454 e. The van der Waals surface area contributed by atoms with Crippen molar-refractivity contribution in [1.82, 2.24) is 10.2 Å². The first-order valence-electron chi connectivity index (χ1n) is 14.4. The number of rotatable bonds is 14. The van der Waals surface area contributed by atoms with Crippen LogP contribution in [0.3, 0.4) is 0 Å². The molecular formula is C32H37Cl2N3O6S. The van der Waals surface area contributed by atoms with Gasteiger partial charge in [0.15, 0.2) is 11.5 Å². The number of halogens is 2. The Morgan fingerprint density at radius 2 is 1.73 bits per heavy atom. The monoisotopic (exact) mass is 661 g/mol. The number of amides is 2. The van der Waals surface area contributed by atoms with E-state index in [1.54, 1.807) is 36.4 Å². The molecule has 1 heterocycles. The van der Waals surface area contributed by atoms with Crippen molar-refractivity contribution in [2.24, 2.45) is 0 Å². The molecule has 3 aromatic rings. The van der Waals surface area contributed by atoms with E-state index < -0.39 is 16.1 Å². The predicted molar refractivity (Wildman–Crippen MR) is 173 cm³/mol. The van der Waals surface area contributed by atoms with Crippen molar-refractivity contribution in [3.63, 3.8) is 0 Å². The average Bonchev–Trinajstić information content (AvgIpc) is 3.46. The van der Waals surface area contributed by atoms with Crippen LogP contribution in [0.4, 0.5) is 5.69 Å². The van der Waals surface area contributed by atoms with Crippen molar-refractivity contribution in [3.8, 4) is 11.5 Å². The SMILES string of the molecule is CC[C@@H](C)NC(=O)[C@H](Cc1ccccc1)N(Cc1ccc(Cl)cc1Cl)C(=O)CCCN(c1ccc2c(c1)OCO2)S(C)(=O)=O. The summed E-state index contributed by atoms with van der Waals surface area (Å²) in [5.41, 5.74) is 1.93. The molecule has 0 aromatic heterocycles. The minimum atomic E-state index is -3.68. The predicted octanol–water partition coefficient (Wildman–Crippen LogP) is 5.82. The van der Waals surface area contributed by atoms with Gasteiger partial charge in [-0.25, -0.2) is 8.42 Å². The molecule has 2 amide bonds. The maximum Gasteiger partial charge on any atom is 0.243 e. The molecule has 1 aliphatic rings. The fourth-order valence-corrected chi connectivity index (χ4v) is 6.30. The summed E-state index contributed by atoms with van der Waals surface area (Å²) in [6.07, 6.45) is 2.32. The summed E-state index contributed by atoms with van der Waals surface area (Å²) in [7, 11) is -3.68. The van der Waals surface area contributed by atoms with E-state index in [1.807, 2.05) is 44.2 Å². The van der Waals surface area contributed by atoms with Crippen molar-refractivity contribution in [3.05, 3.63) is 87.9 Å². The number of anilines is 1. The molecule has 0 fully saturated rings. The summed E-state index contributed by atoms with van der Waals surface area (Å²) in [5, 5.41) is 3.87. The fourth-order valence-electron chi connectivity index (χ4n) is 4.87. The molecule has 0 bridgehead atoms. The number of hydrogen-bond acceptors (Lipinski definition) is 6. The second-order valence-electron chi connectivity index (χ2n) is 10.8. The molecule has 1 aliphatic heterocycles. The lowest BCUT2D eigenvalue weighted by Gasteiger charge is -2.33. The van der Waals surface area contributed by atoms with Gasteiger partial charge in [-0.3, -0.25) is 13.9 Å². The van der Waals surface area contributed by atoms with E-state index in [0.717, 1.165) is 18.2 Å². The second kappa shape index (κ2) is 15.0. The summed E-state index contributed by atoms with van der Waals surface area (Å²) >= 11 is 12.6. The molecule has 1 N–H and O–H groups in total. The Kier molecular flexibility index (Phi) is 11.4. The summed E-state index contributed by atoms with van der Waals surface area (Å²) in [4.78, 5) is 29.3. The molecular weight excluding hydrogens is 625 g/mol. The Labute approximate surface area is 269 Å². The molecule has 0 radical (unpaired) electrons. The van der Waals surface area contributed by atoms with E-state index in [4.69, 9.17) is 32.7 Å². The Morgan fingerprint density at radius 3 is 2.41 bits per heavy atom. The van der Waals surface area contributed by atoms with Crippen LogP contribution in [-0.4, -0.2) is 56.8 Å². The van der Waals surface area contributed by atoms with Gasteiger partial charge in [0.25, 0.3) is 0 Å². The van der Waals surface area contributed by atoms with Crippen LogP contribution in [0, 0.1) is 0 Å². The van der Waals surface area contributed by atoms with Gasteiger partial charge in [0, 0.05) is 48.1 Å². The molecule has 0 saturated carbocycles. The lowest BCUT2D eigenvalue weighted by atomic mass is 10.0. The summed E-state index contributed by atoms with van der Waals surface area (Å²) in [6.45, 7) is 4.06. The first kappa shape index (κ1) is 33.4.